The van der Waals surface area contributed by atoms with Gasteiger partial charge in [0.1, 0.15) is 11.6 Å². The van der Waals surface area contributed by atoms with Crippen LogP contribution in [-0.4, -0.2) is 21.1 Å². The highest BCUT2D eigenvalue weighted by atomic mass is 32.1. The highest BCUT2D eigenvalue weighted by Gasteiger charge is 2.23. The third-order valence-electron chi connectivity index (χ3n) is 3.06. The van der Waals surface area contributed by atoms with Crippen LogP contribution in [0.25, 0.3) is 0 Å². The second kappa shape index (κ2) is 6.98. The predicted molar refractivity (Wildman–Crippen MR) is 82.6 cm³/mol. The zero-order chi connectivity index (χ0) is 16.1. The number of aliphatic hydroxyl groups is 1. The standard InChI is InChI=1S/C14H14N4O3S/c1-9(7-11(19)12-3-2-6-22-12)17-14-13(18(20)21)10(8-15)4-5-16-14/h2-6,9,11,19H,7H2,1H3,(H,16,17)/t9-,11-/m1/s1. The lowest BCUT2D eigenvalue weighted by atomic mass is 10.1. The van der Waals surface area contributed by atoms with Crippen molar-refractivity contribution in [3.63, 3.8) is 0 Å². The number of nitro groups is 1. The third kappa shape index (κ3) is 3.58. The Morgan fingerprint density at radius 2 is 2.36 bits per heavy atom. The summed E-state index contributed by atoms with van der Waals surface area (Å²) < 4.78 is 0. The van der Waals surface area contributed by atoms with Crippen LogP contribution in [0.2, 0.25) is 0 Å². The molecule has 8 heteroatoms. The molecule has 7 nitrogen and oxygen atoms in total. The molecule has 0 spiro atoms. The lowest BCUT2D eigenvalue weighted by Gasteiger charge is -2.17. The number of pyridine rings is 1. The van der Waals surface area contributed by atoms with Crippen LogP contribution in [0.5, 0.6) is 0 Å². The molecule has 0 unspecified atom stereocenters. The van der Waals surface area contributed by atoms with Crippen molar-refractivity contribution >= 4 is 22.8 Å². The maximum absolute atomic E-state index is 11.1. The zero-order valence-electron chi connectivity index (χ0n) is 11.8. The Balaban J connectivity index is 2.13. The van der Waals surface area contributed by atoms with E-state index in [4.69, 9.17) is 5.26 Å². The van der Waals surface area contributed by atoms with Crippen molar-refractivity contribution in [2.45, 2.75) is 25.5 Å². The quantitative estimate of drug-likeness (QED) is 0.625. The molecule has 0 radical (unpaired) electrons. The van der Waals surface area contributed by atoms with Gasteiger partial charge in [-0.3, -0.25) is 10.1 Å². The summed E-state index contributed by atoms with van der Waals surface area (Å²) in [6, 6.07) is 6.52. The van der Waals surface area contributed by atoms with E-state index in [2.05, 4.69) is 10.3 Å². The number of rotatable bonds is 6. The number of hydrogen-bond donors (Lipinski definition) is 2. The Hall–Kier alpha value is -2.50. The molecule has 2 rings (SSSR count). The lowest BCUT2D eigenvalue weighted by Crippen LogP contribution is -2.20. The fraction of sp³-hybridized carbons (Fsp3) is 0.286. The van der Waals surface area contributed by atoms with E-state index in [1.807, 2.05) is 17.5 Å². The van der Waals surface area contributed by atoms with Crippen LogP contribution < -0.4 is 5.32 Å². The summed E-state index contributed by atoms with van der Waals surface area (Å²) >= 11 is 1.45. The lowest BCUT2D eigenvalue weighted by molar-refractivity contribution is -0.384. The van der Waals surface area contributed by atoms with E-state index in [9.17, 15) is 15.2 Å². The van der Waals surface area contributed by atoms with Crippen LogP contribution in [0.3, 0.4) is 0 Å². The molecule has 2 aromatic rings. The molecule has 0 aliphatic carbocycles. The molecule has 114 valence electrons. The number of thiophene rings is 1. The molecule has 2 N–H and O–H groups in total. The number of nitrogens with zero attached hydrogens (tertiary/aromatic N) is 3. The average Bonchev–Trinajstić information content (AvgIpc) is 3.00. The van der Waals surface area contributed by atoms with Gasteiger partial charge in [-0.15, -0.1) is 11.3 Å². The van der Waals surface area contributed by atoms with E-state index < -0.39 is 11.0 Å². The van der Waals surface area contributed by atoms with Crippen molar-refractivity contribution < 1.29 is 10.0 Å². The Kier molecular flexibility index (Phi) is 5.04. The van der Waals surface area contributed by atoms with E-state index in [1.54, 1.807) is 13.0 Å². The number of hydrogen-bond acceptors (Lipinski definition) is 7. The fourth-order valence-electron chi connectivity index (χ4n) is 2.06. The van der Waals surface area contributed by atoms with Crippen LogP contribution in [0, 0.1) is 21.4 Å². The van der Waals surface area contributed by atoms with Crippen molar-refractivity contribution in [2.75, 3.05) is 5.32 Å². The molecule has 2 atom stereocenters. The molecule has 0 saturated carbocycles. The minimum absolute atomic E-state index is 0.0370. The van der Waals surface area contributed by atoms with E-state index in [0.29, 0.717) is 6.42 Å². The van der Waals surface area contributed by atoms with Gasteiger partial charge in [-0.1, -0.05) is 6.07 Å². The topological polar surface area (TPSA) is 112 Å². The van der Waals surface area contributed by atoms with Crippen LogP contribution in [0.4, 0.5) is 11.5 Å². The SMILES string of the molecule is C[C@H](C[C@@H](O)c1cccs1)Nc1nccc(C#N)c1[N+](=O)[O-]. The molecule has 2 heterocycles. The first-order valence-electron chi connectivity index (χ1n) is 6.54. The molecule has 22 heavy (non-hydrogen) atoms. The molecule has 0 aromatic carbocycles. The van der Waals surface area contributed by atoms with Gasteiger partial charge in [0.25, 0.3) is 0 Å². The summed E-state index contributed by atoms with van der Waals surface area (Å²) in [5.41, 5.74) is -0.393. The Morgan fingerprint density at radius 3 is 2.95 bits per heavy atom. The minimum atomic E-state index is -0.652. The molecule has 0 amide bonds. The monoisotopic (exact) mass is 318 g/mol. The summed E-state index contributed by atoms with van der Waals surface area (Å²) in [4.78, 5) is 15.3. The van der Waals surface area contributed by atoms with Crippen LogP contribution in [0.15, 0.2) is 29.8 Å². The number of nitriles is 1. The number of nitrogens with one attached hydrogen (secondary N) is 1. The smallest absolute Gasteiger partial charge is 0.328 e. The van der Waals surface area contributed by atoms with Crippen molar-refractivity contribution in [3.8, 4) is 6.07 Å². The van der Waals surface area contributed by atoms with Gasteiger partial charge < -0.3 is 10.4 Å². The Labute approximate surface area is 131 Å². The van der Waals surface area contributed by atoms with Gasteiger partial charge in [0.2, 0.25) is 5.82 Å². The molecule has 2 aromatic heterocycles. The van der Waals surface area contributed by atoms with Gasteiger partial charge in [0.05, 0.1) is 11.0 Å². The number of anilines is 1. The highest BCUT2D eigenvalue weighted by molar-refractivity contribution is 7.10. The maximum atomic E-state index is 11.1. The van der Waals surface area contributed by atoms with Crippen LogP contribution in [-0.2, 0) is 0 Å². The first-order chi connectivity index (χ1) is 10.5. The normalized spacial score (nSPS) is 13.1. The molecule has 0 aliphatic heterocycles. The van der Waals surface area contributed by atoms with Gasteiger partial charge >= 0.3 is 5.69 Å². The molecule has 0 fully saturated rings. The summed E-state index contributed by atoms with van der Waals surface area (Å²) in [5, 5.41) is 34.9. The Morgan fingerprint density at radius 1 is 1.59 bits per heavy atom. The van der Waals surface area contributed by atoms with Crippen molar-refractivity contribution in [2.24, 2.45) is 0 Å². The largest absolute Gasteiger partial charge is 0.387 e. The van der Waals surface area contributed by atoms with Crippen LogP contribution in [0.1, 0.15) is 29.9 Å². The second-order valence-electron chi connectivity index (χ2n) is 4.74. The van der Waals surface area contributed by atoms with Gasteiger partial charge in [-0.2, -0.15) is 5.26 Å². The summed E-state index contributed by atoms with van der Waals surface area (Å²) in [6.07, 6.45) is 1.06. The average molecular weight is 318 g/mol. The van der Waals surface area contributed by atoms with Crippen molar-refractivity contribution in [3.05, 3.63) is 50.3 Å². The van der Waals surface area contributed by atoms with Gasteiger partial charge in [0, 0.05) is 17.1 Å². The maximum Gasteiger partial charge on any atom is 0.328 e. The highest BCUT2D eigenvalue weighted by Crippen LogP contribution is 2.28. The molecular weight excluding hydrogens is 304 g/mol. The molecule has 0 bridgehead atoms. The fourth-order valence-corrected chi connectivity index (χ4v) is 2.78. The van der Waals surface area contributed by atoms with Gasteiger partial charge in [-0.05, 0) is 30.9 Å². The second-order valence-corrected chi connectivity index (χ2v) is 5.72. The third-order valence-corrected chi connectivity index (χ3v) is 4.03. The molecule has 0 saturated heterocycles. The number of aromatic nitrogens is 1. The first-order valence-corrected chi connectivity index (χ1v) is 7.42. The van der Waals surface area contributed by atoms with E-state index >= 15 is 0 Å². The van der Waals surface area contributed by atoms with E-state index in [1.165, 1.54) is 23.6 Å². The van der Waals surface area contributed by atoms with E-state index in [-0.39, 0.29) is 23.1 Å². The van der Waals surface area contributed by atoms with E-state index in [0.717, 1.165) is 4.88 Å². The van der Waals surface area contributed by atoms with Gasteiger partial charge in [-0.25, -0.2) is 4.98 Å². The van der Waals surface area contributed by atoms with Crippen molar-refractivity contribution in [1.82, 2.24) is 4.98 Å². The zero-order valence-corrected chi connectivity index (χ0v) is 12.6. The molecular formula is C14H14N4O3S. The number of aliphatic hydroxyl groups excluding tert-OH is 1. The predicted octanol–water partition coefficient (Wildman–Crippen LogP) is 2.85. The van der Waals surface area contributed by atoms with Crippen molar-refractivity contribution in [1.29, 1.82) is 5.26 Å². The Bertz CT molecular complexity index is 697. The first kappa shape index (κ1) is 15.9. The minimum Gasteiger partial charge on any atom is -0.387 e. The molecule has 0 aliphatic rings. The summed E-state index contributed by atoms with van der Waals surface area (Å²) in [7, 11) is 0. The van der Waals surface area contributed by atoms with Crippen LogP contribution >= 0.6 is 11.3 Å². The summed E-state index contributed by atoms with van der Waals surface area (Å²) in [5.74, 6) is 0.0370. The summed E-state index contributed by atoms with van der Waals surface area (Å²) in [6.45, 7) is 1.79. The van der Waals surface area contributed by atoms with Gasteiger partial charge in [0.15, 0.2) is 0 Å².